The number of piperidine rings is 1. The Balaban J connectivity index is 2.14. The van der Waals surface area contributed by atoms with Crippen molar-refractivity contribution in [3.8, 4) is 0 Å². The molecule has 1 aromatic rings. The molecule has 1 aromatic heterocycles. The van der Waals surface area contributed by atoms with Gasteiger partial charge in [0.1, 0.15) is 5.69 Å². The monoisotopic (exact) mass is 240 g/mol. The number of halogens is 1. The van der Waals surface area contributed by atoms with E-state index >= 15 is 0 Å². The molecule has 92 valence electrons. The van der Waals surface area contributed by atoms with Gasteiger partial charge in [-0.1, -0.05) is 6.07 Å². The average Bonchev–Trinajstić information content (AvgIpc) is 2.37. The molecule has 0 aliphatic carbocycles. The van der Waals surface area contributed by atoms with Gasteiger partial charge >= 0.3 is 0 Å². The molecule has 0 radical (unpaired) electrons. The Hall–Kier alpha value is -1.49. The van der Waals surface area contributed by atoms with E-state index in [4.69, 9.17) is 4.11 Å². The first-order chi connectivity index (χ1) is 9.37. The molecule has 0 unspecified atom stereocenters. The van der Waals surface area contributed by atoms with Crippen molar-refractivity contribution in [2.45, 2.75) is 18.8 Å². The van der Waals surface area contributed by atoms with Crippen molar-refractivity contribution in [2.24, 2.45) is 0 Å². The van der Waals surface area contributed by atoms with Gasteiger partial charge < -0.3 is 10.6 Å². The molecule has 0 atom stereocenters. The highest BCUT2D eigenvalue weighted by Gasteiger charge is 2.20. The largest absolute Gasteiger partial charge is 0.354 e. The summed E-state index contributed by atoms with van der Waals surface area (Å²) >= 11 is 0. The van der Waals surface area contributed by atoms with Gasteiger partial charge in [0.2, 0.25) is 5.95 Å². The van der Waals surface area contributed by atoms with Crippen LogP contribution in [0.1, 0.15) is 38.9 Å². The van der Waals surface area contributed by atoms with Gasteiger partial charge in [0.05, 0.1) is 0 Å². The van der Waals surface area contributed by atoms with Gasteiger partial charge in [0.15, 0.2) is 0 Å². The van der Waals surface area contributed by atoms with Gasteiger partial charge in [-0.15, -0.1) is 0 Å². The Kier molecular flexibility index (Phi) is 2.64. The number of hydrogen-bond donors (Lipinski definition) is 2. The van der Waals surface area contributed by atoms with Crippen LogP contribution >= 0.6 is 0 Å². The highest BCUT2D eigenvalue weighted by Crippen LogP contribution is 2.26. The highest BCUT2D eigenvalue weighted by molar-refractivity contribution is 5.91. The molecule has 4 nitrogen and oxygen atoms in total. The second-order valence-electron chi connectivity index (χ2n) is 4.05. The normalized spacial score (nSPS) is 20.2. The number of rotatable bonds is 2. The predicted octanol–water partition coefficient (Wildman–Crippen LogP) is 1.05. The molecule has 0 saturated carbocycles. The van der Waals surface area contributed by atoms with Crippen molar-refractivity contribution >= 4 is 5.91 Å². The van der Waals surface area contributed by atoms with E-state index in [1.165, 1.54) is 12.1 Å². The molecule has 2 N–H and O–H groups in total. The Labute approximate surface area is 104 Å². The van der Waals surface area contributed by atoms with Crippen LogP contribution in [0.3, 0.4) is 0 Å². The summed E-state index contributed by atoms with van der Waals surface area (Å²) in [7, 11) is 0. The summed E-state index contributed by atoms with van der Waals surface area (Å²) < 4.78 is 34.8. The molecule has 2 heterocycles. The van der Waals surface area contributed by atoms with Gasteiger partial charge in [-0.3, -0.25) is 4.79 Å². The summed E-state index contributed by atoms with van der Waals surface area (Å²) in [6.07, 6.45) is 1.64. The van der Waals surface area contributed by atoms with Crippen molar-refractivity contribution in [1.29, 1.82) is 0 Å². The van der Waals surface area contributed by atoms with E-state index in [9.17, 15) is 9.18 Å². The first-order valence-corrected chi connectivity index (χ1v) is 5.56. The molecule has 0 spiro atoms. The lowest BCUT2D eigenvalue weighted by Gasteiger charge is -2.23. The van der Waals surface area contributed by atoms with Gasteiger partial charge in [-0.25, -0.2) is 4.98 Å². The summed E-state index contributed by atoms with van der Waals surface area (Å²) in [4.78, 5) is 15.2. The van der Waals surface area contributed by atoms with Crippen LogP contribution in [0, 0.1) is 5.95 Å². The fraction of sp³-hybridized carbons (Fsp3) is 0.500. The number of amides is 1. The second kappa shape index (κ2) is 5.23. The summed E-state index contributed by atoms with van der Waals surface area (Å²) in [5.41, 5.74) is 0.258. The van der Waals surface area contributed by atoms with E-state index in [1.54, 1.807) is 5.32 Å². The minimum atomic E-state index is -2.61. The first kappa shape index (κ1) is 8.58. The van der Waals surface area contributed by atoms with Gasteiger partial charge in [-0.05, 0) is 37.9 Å². The van der Waals surface area contributed by atoms with Crippen molar-refractivity contribution in [3.63, 3.8) is 0 Å². The van der Waals surface area contributed by atoms with E-state index in [2.05, 4.69) is 10.3 Å². The number of nitrogens with one attached hydrogen (secondary N) is 2. The Morgan fingerprint density at radius 1 is 1.59 bits per heavy atom. The minimum Gasteiger partial charge on any atom is -0.354 e. The zero-order chi connectivity index (χ0) is 14.8. The zero-order valence-electron chi connectivity index (χ0n) is 12.3. The van der Waals surface area contributed by atoms with E-state index in [-0.39, 0.29) is 11.6 Å². The molecule has 1 fully saturated rings. The van der Waals surface area contributed by atoms with Crippen LogP contribution < -0.4 is 10.6 Å². The van der Waals surface area contributed by atoms with Crippen LogP contribution in [0.2, 0.25) is 0 Å². The maximum Gasteiger partial charge on any atom is 0.269 e. The summed E-state index contributed by atoms with van der Waals surface area (Å²) in [6, 6.07) is 2.88. The van der Waals surface area contributed by atoms with E-state index in [0.717, 1.165) is 25.9 Å². The van der Waals surface area contributed by atoms with E-state index in [1.807, 2.05) is 0 Å². The first-order valence-electron chi connectivity index (χ1n) is 7.06. The number of pyridine rings is 1. The topological polar surface area (TPSA) is 54.0 Å². The summed E-state index contributed by atoms with van der Waals surface area (Å²) in [6.45, 7) is -0.959. The summed E-state index contributed by atoms with van der Waals surface area (Å²) in [5.74, 6) is -1.51. The molecule has 1 saturated heterocycles. The van der Waals surface area contributed by atoms with Crippen LogP contribution in [0.15, 0.2) is 12.1 Å². The lowest BCUT2D eigenvalue weighted by molar-refractivity contribution is 0.0957. The molecule has 1 aliphatic heterocycles. The SMILES string of the molecule is [2H]C([2H])([2H])NC(=O)c1ccc(C2CCNCC2)c(F)n1. The van der Waals surface area contributed by atoms with Crippen LogP contribution in [0.5, 0.6) is 0 Å². The summed E-state index contributed by atoms with van der Waals surface area (Å²) in [5, 5.41) is 4.97. The third kappa shape index (κ3) is 2.61. The lowest BCUT2D eigenvalue weighted by Crippen LogP contribution is -2.27. The maximum absolute atomic E-state index is 14.0. The third-order valence-corrected chi connectivity index (χ3v) is 3.00. The zero-order valence-corrected chi connectivity index (χ0v) is 9.29. The molecule has 1 amide bonds. The molecule has 2 rings (SSSR count). The van der Waals surface area contributed by atoms with E-state index < -0.39 is 18.8 Å². The Morgan fingerprint density at radius 3 is 3.00 bits per heavy atom. The smallest absolute Gasteiger partial charge is 0.269 e. The number of carbonyl (C=O) groups excluding carboxylic acids is 1. The van der Waals surface area contributed by atoms with E-state index in [0.29, 0.717) is 5.56 Å². The van der Waals surface area contributed by atoms with Crippen molar-refractivity contribution < 1.29 is 13.3 Å². The van der Waals surface area contributed by atoms with Gasteiger partial charge in [0.25, 0.3) is 5.91 Å². The van der Waals surface area contributed by atoms with Crippen LogP contribution in [0.4, 0.5) is 4.39 Å². The minimum absolute atomic E-state index is 0.0866. The van der Waals surface area contributed by atoms with Crippen LogP contribution in [0.25, 0.3) is 0 Å². The Bertz CT molecular complexity index is 501. The number of aromatic nitrogens is 1. The number of carbonyl (C=O) groups is 1. The molecule has 17 heavy (non-hydrogen) atoms. The Morgan fingerprint density at radius 2 is 2.35 bits per heavy atom. The highest BCUT2D eigenvalue weighted by atomic mass is 19.1. The standard InChI is InChI=1S/C12H16FN3O/c1-14-12(17)10-3-2-9(11(13)16-10)8-4-6-15-7-5-8/h2-3,8,15H,4-7H2,1H3,(H,14,17)/i1D3. The lowest BCUT2D eigenvalue weighted by atomic mass is 9.91. The average molecular weight is 240 g/mol. The van der Waals surface area contributed by atoms with Crippen molar-refractivity contribution in [1.82, 2.24) is 15.6 Å². The second-order valence-corrected chi connectivity index (χ2v) is 4.05. The number of nitrogens with zero attached hydrogens (tertiary/aromatic N) is 1. The van der Waals surface area contributed by atoms with Gasteiger partial charge in [-0.2, -0.15) is 4.39 Å². The predicted molar refractivity (Wildman–Crippen MR) is 62.4 cm³/mol. The molecule has 0 aromatic carbocycles. The quantitative estimate of drug-likeness (QED) is 0.760. The van der Waals surface area contributed by atoms with Gasteiger partial charge in [0, 0.05) is 16.7 Å². The van der Waals surface area contributed by atoms with Crippen molar-refractivity contribution in [3.05, 3.63) is 29.3 Å². The fourth-order valence-corrected chi connectivity index (χ4v) is 2.07. The van der Waals surface area contributed by atoms with Crippen LogP contribution in [-0.4, -0.2) is 31.0 Å². The fourth-order valence-electron chi connectivity index (χ4n) is 2.07. The molecular weight excluding hydrogens is 221 g/mol. The van der Waals surface area contributed by atoms with Crippen LogP contribution in [-0.2, 0) is 0 Å². The number of hydrogen-bond acceptors (Lipinski definition) is 3. The molecule has 0 bridgehead atoms. The molecule has 1 aliphatic rings. The third-order valence-electron chi connectivity index (χ3n) is 3.00. The molecule has 5 heteroatoms. The molecular formula is C12H16FN3O. The maximum atomic E-state index is 14.0. The van der Waals surface area contributed by atoms with Crippen molar-refractivity contribution in [2.75, 3.05) is 20.1 Å².